The van der Waals surface area contributed by atoms with E-state index in [9.17, 15) is 13.2 Å². The monoisotopic (exact) mass is 420 g/mol. The number of piperazine rings is 1. The van der Waals surface area contributed by atoms with Crippen molar-refractivity contribution in [1.82, 2.24) is 14.2 Å². The predicted molar refractivity (Wildman–Crippen MR) is 112 cm³/mol. The summed E-state index contributed by atoms with van der Waals surface area (Å²) in [5.41, 5.74) is 1.16. The topological polar surface area (TPSA) is 82.6 Å². The van der Waals surface area contributed by atoms with Gasteiger partial charge in [-0.2, -0.15) is 4.31 Å². The highest BCUT2D eigenvalue weighted by Gasteiger charge is 2.28. The average Bonchev–Trinajstić information content (AvgIpc) is 3.12. The number of carbonyl (C=O) groups is 1. The van der Waals surface area contributed by atoms with Gasteiger partial charge in [0.25, 0.3) is 0 Å². The number of aromatic nitrogens is 1. The lowest BCUT2D eigenvalue weighted by Crippen LogP contribution is -2.48. The first-order valence-corrected chi connectivity index (χ1v) is 11.4. The largest absolute Gasteiger partial charge is 0.322 e. The number of aryl methyl sites for hydroxylation is 1. The van der Waals surface area contributed by atoms with E-state index in [1.165, 1.54) is 27.8 Å². The van der Waals surface area contributed by atoms with E-state index in [-0.39, 0.29) is 10.8 Å². The van der Waals surface area contributed by atoms with Crippen molar-refractivity contribution in [2.45, 2.75) is 18.7 Å². The molecular weight excluding hydrogens is 396 g/mol. The minimum atomic E-state index is -3.58. The lowest BCUT2D eigenvalue weighted by Gasteiger charge is -2.33. The smallest absolute Gasteiger partial charge is 0.248 e. The van der Waals surface area contributed by atoms with Crippen LogP contribution in [0.3, 0.4) is 0 Å². The number of hydrogen-bond donors (Lipinski definition) is 1. The number of carbonyl (C=O) groups excluding carboxylic acids is 1. The number of benzene rings is 1. The third-order valence-electron chi connectivity index (χ3n) is 4.56. The van der Waals surface area contributed by atoms with Crippen molar-refractivity contribution in [3.63, 3.8) is 0 Å². The van der Waals surface area contributed by atoms with E-state index in [1.807, 2.05) is 12.3 Å². The van der Waals surface area contributed by atoms with E-state index < -0.39 is 10.0 Å². The molecule has 150 valence electrons. The van der Waals surface area contributed by atoms with Crippen molar-refractivity contribution >= 4 is 39.0 Å². The number of hydrogen-bond acceptors (Lipinski definition) is 6. The van der Waals surface area contributed by atoms with Crippen LogP contribution in [0.15, 0.2) is 40.6 Å². The van der Waals surface area contributed by atoms with E-state index in [1.54, 1.807) is 24.3 Å². The van der Waals surface area contributed by atoms with Gasteiger partial charge in [-0.3, -0.25) is 4.79 Å². The van der Waals surface area contributed by atoms with Crippen LogP contribution in [0.1, 0.15) is 17.6 Å². The zero-order chi connectivity index (χ0) is 20.1. The molecule has 0 atom stereocenters. The molecule has 0 saturated carbocycles. The number of likely N-dealkylation sites (N-methyl/N-ethyl adjacent to an activating group) is 1. The van der Waals surface area contributed by atoms with Crippen LogP contribution in [0.5, 0.6) is 0 Å². The van der Waals surface area contributed by atoms with Crippen molar-refractivity contribution in [3.8, 4) is 0 Å². The van der Waals surface area contributed by atoms with E-state index in [4.69, 9.17) is 0 Å². The van der Waals surface area contributed by atoms with Gasteiger partial charge in [0.15, 0.2) is 0 Å². The summed E-state index contributed by atoms with van der Waals surface area (Å²) in [4.78, 5) is 18.8. The Morgan fingerprint density at radius 1 is 1.29 bits per heavy atom. The molecule has 0 radical (unpaired) electrons. The lowest BCUT2D eigenvalue weighted by atomic mass is 10.3. The summed E-state index contributed by atoms with van der Waals surface area (Å²) in [5, 5.41) is 5.50. The molecule has 0 spiro atoms. The second kappa shape index (κ2) is 8.95. The first-order valence-electron chi connectivity index (χ1n) is 9.12. The summed E-state index contributed by atoms with van der Waals surface area (Å²) in [6.07, 6.45) is 3.02. The highest BCUT2D eigenvalue weighted by molar-refractivity contribution is 7.89. The number of amides is 1. The molecule has 1 saturated heterocycles. The molecule has 2 aromatic rings. The third kappa shape index (κ3) is 5.05. The maximum absolute atomic E-state index is 12.9. The third-order valence-corrected chi connectivity index (χ3v) is 7.25. The fraction of sp³-hybridized carbons (Fsp3) is 0.368. The van der Waals surface area contributed by atoms with Crippen molar-refractivity contribution in [2.24, 2.45) is 0 Å². The summed E-state index contributed by atoms with van der Waals surface area (Å²) >= 11 is 1.51. The van der Waals surface area contributed by atoms with Gasteiger partial charge in [-0.05, 0) is 37.7 Å². The van der Waals surface area contributed by atoms with Gasteiger partial charge in [0.05, 0.1) is 15.6 Å². The number of sulfonamides is 1. The summed E-state index contributed by atoms with van der Waals surface area (Å²) in [6.45, 7) is 7.30. The van der Waals surface area contributed by atoms with E-state index in [2.05, 4.69) is 22.1 Å². The first-order chi connectivity index (χ1) is 13.4. The van der Waals surface area contributed by atoms with Gasteiger partial charge in [-0.15, -0.1) is 11.3 Å². The van der Waals surface area contributed by atoms with Crippen LogP contribution in [0.25, 0.3) is 6.08 Å². The van der Waals surface area contributed by atoms with Gasteiger partial charge in [0.2, 0.25) is 15.9 Å². The normalized spacial score (nSPS) is 16.5. The van der Waals surface area contributed by atoms with Crippen LogP contribution >= 0.6 is 11.3 Å². The molecule has 1 aliphatic rings. The molecule has 1 aliphatic heterocycles. The molecule has 2 heterocycles. The molecule has 1 N–H and O–H groups in total. The van der Waals surface area contributed by atoms with Crippen molar-refractivity contribution < 1.29 is 13.2 Å². The number of thiazole rings is 1. The predicted octanol–water partition coefficient (Wildman–Crippen LogP) is 2.43. The van der Waals surface area contributed by atoms with Crippen molar-refractivity contribution in [1.29, 1.82) is 0 Å². The van der Waals surface area contributed by atoms with Crippen LogP contribution < -0.4 is 5.32 Å². The Bertz CT molecular complexity index is 961. The molecule has 7 nitrogen and oxygen atoms in total. The van der Waals surface area contributed by atoms with Gasteiger partial charge >= 0.3 is 0 Å². The number of rotatable bonds is 6. The minimum Gasteiger partial charge on any atom is -0.322 e. The fourth-order valence-electron chi connectivity index (χ4n) is 2.97. The first kappa shape index (κ1) is 20.7. The second-order valence-corrected chi connectivity index (χ2v) is 9.48. The molecule has 1 fully saturated rings. The molecule has 28 heavy (non-hydrogen) atoms. The van der Waals surface area contributed by atoms with E-state index >= 15 is 0 Å². The zero-order valence-corrected chi connectivity index (χ0v) is 17.6. The highest BCUT2D eigenvalue weighted by Crippen LogP contribution is 2.21. The van der Waals surface area contributed by atoms with Crippen LogP contribution in [0.2, 0.25) is 0 Å². The van der Waals surface area contributed by atoms with Gasteiger partial charge in [0, 0.05) is 43.3 Å². The standard InChI is InChI=1S/C19H24N4O3S2/c1-3-22-9-11-23(12-10-22)28(25,26)18-6-4-5-16(13-18)21-19(24)8-7-17-14-27-15(2)20-17/h4-8,13-14H,3,9-12H2,1-2H3,(H,21,24)/b8-7+. The Balaban J connectivity index is 1.68. The van der Waals surface area contributed by atoms with Crippen LogP contribution in [0.4, 0.5) is 5.69 Å². The van der Waals surface area contributed by atoms with Crippen molar-refractivity contribution in [2.75, 3.05) is 38.0 Å². The maximum atomic E-state index is 12.9. The van der Waals surface area contributed by atoms with Gasteiger partial charge in [-0.25, -0.2) is 13.4 Å². The van der Waals surface area contributed by atoms with E-state index in [0.717, 1.165) is 30.3 Å². The summed E-state index contributed by atoms with van der Waals surface area (Å²) in [7, 11) is -3.58. The molecule has 3 rings (SSSR count). The Labute approximate surface area is 169 Å². The molecule has 9 heteroatoms. The van der Waals surface area contributed by atoms with Gasteiger partial charge < -0.3 is 10.2 Å². The molecule has 1 amide bonds. The Hall–Kier alpha value is -2.07. The Morgan fingerprint density at radius 2 is 2.04 bits per heavy atom. The molecule has 1 aromatic carbocycles. The van der Waals surface area contributed by atoms with Gasteiger partial charge in [0.1, 0.15) is 0 Å². The SMILES string of the molecule is CCN1CCN(S(=O)(=O)c2cccc(NC(=O)/C=C/c3csc(C)n3)c2)CC1. The number of nitrogens with one attached hydrogen (secondary N) is 1. The van der Waals surface area contributed by atoms with Gasteiger partial charge in [-0.1, -0.05) is 13.0 Å². The highest BCUT2D eigenvalue weighted by atomic mass is 32.2. The van der Waals surface area contributed by atoms with Crippen LogP contribution in [-0.4, -0.2) is 61.2 Å². The minimum absolute atomic E-state index is 0.189. The fourth-order valence-corrected chi connectivity index (χ4v) is 5.02. The number of nitrogens with zero attached hydrogens (tertiary/aromatic N) is 3. The molecule has 0 aliphatic carbocycles. The Kier molecular flexibility index (Phi) is 6.61. The molecule has 0 bridgehead atoms. The van der Waals surface area contributed by atoms with Crippen molar-refractivity contribution in [3.05, 3.63) is 46.4 Å². The lowest BCUT2D eigenvalue weighted by molar-refractivity contribution is -0.111. The van der Waals surface area contributed by atoms with Crippen LogP contribution in [0, 0.1) is 6.92 Å². The van der Waals surface area contributed by atoms with Crippen LogP contribution in [-0.2, 0) is 14.8 Å². The molecular formula is C19H24N4O3S2. The molecule has 0 unspecified atom stereocenters. The summed E-state index contributed by atoms with van der Waals surface area (Å²) in [5.74, 6) is -0.336. The summed E-state index contributed by atoms with van der Waals surface area (Å²) < 4.78 is 27.3. The summed E-state index contributed by atoms with van der Waals surface area (Å²) in [6, 6.07) is 6.37. The van der Waals surface area contributed by atoms with E-state index in [0.29, 0.717) is 18.8 Å². The molecule has 1 aromatic heterocycles. The maximum Gasteiger partial charge on any atom is 0.248 e. The average molecular weight is 421 g/mol. The second-order valence-electron chi connectivity index (χ2n) is 6.48. The zero-order valence-electron chi connectivity index (χ0n) is 16.0. The number of anilines is 1. The Morgan fingerprint density at radius 3 is 2.68 bits per heavy atom. The quantitative estimate of drug-likeness (QED) is 0.726.